The van der Waals surface area contributed by atoms with Crippen LogP contribution < -0.4 is 20.7 Å². The van der Waals surface area contributed by atoms with Gasteiger partial charge in [0.1, 0.15) is 5.75 Å². The summed E-state index contributed by atoms with van der Waals surface area (Å²) in [4.78, 5) is 24.8. The molecule has 3 heterocycles. The zero-order valence-electron chi connectivity index (χ0n) is 20.5. The van der Waals surface area contributed by atoms with Crippen LogP contribution in [0.5, 0.6) is 5.75 Å². The van der Waals surface area contributed by atoms with Gasteiger partial charge in [0.25, 0.3) is 0 Å². The number of H-pyrrole nitrogens is 1. The Kier molecular flexibility index (Phi) is 6.84. The number of urea groups is 1. The van der Waals surface area contributed by atoms with Gasteiger partial charge in [-0.25, -0.2) is 4.79 Å². The molecule has 1 unspecified atom stereocenters. The largest absolute Gasteiger partial charge is 0.497 e. The van der Waals surface area contributed by atoms with Crippen molar-refractivity contribution in [3.63, 3.8) is 0 Å². The highest BCUT2D eigenvalue weighted by Gasteiger charge is 2.11. The third kappa shape index (κ3) is 5.02. The van der Waals surface area contributed by atoms with Gasteiger partial charge in [-0.3, -0.25) is 9.97 Å². The second-order valence-corrected chi connectivity index (χ2v) is 8.90. The van der Waals surface area contributed by atoms with Crippen LogP contribution in [-0.2, 0) is 6.54 Å². The fourth-order valence-corrected chi connectivity index (χ4v) is 4.53. The lowest BCUT2D eigenvalue weighted by molar-refractivity contribution is 0.240. The zero-order chi connectivity index (χ0) is 24.9. The van der Waals surface area contributed by atoms with Crippen LogP contribution in [0.25, 0.3) is 32.7 Å². The first-order chi connectivity index (χ1) is 17.6. The molecule has 2 aromatic carbocycles. The first kappa shape index (κ1) is 23.4. The highest BCUT2D eigenvalue weighted by Crippen LogP contribution is 2.29. The first-order valence-corrected chi connectivity index (χ1v) is 12.2. The predicted octanol–water partition coefficient (Wildman–Crippen LogP) is 5.35. The number of benzene rings is 2. The normalized spacial score (nSPS) is 12.1. The molecule has 0 aliphatic carbocycles. The van der Waals surface area contributed by atoms with Gasteiger partial charge in [0.05, 0.1) is 36.1 Å². The molecule has 5 rings (SSSR count). The summed E-state index contributed by atoms with van der Waals surface area (Å²) >= 11 is 0. The molecule has 1 atom stereocenters. The van der Waals surface area contributed by atoms with Gasteiger partial charge in [0, 0.05) is 52.7 Å². The molecular weight excluding hydrogens is 452 g/mol. The van der Waals surface area contributed by atoms with Crippen LogP contribution in [0, 0.1) is 0 Å². The minimum Gasteiger partial charge on any atom is -0.497 e. The number of rotatable bonds is 9. The molecule has 0 bridgehead atoms. The number of aromatic nitrogens is 3. The number of methoxy groups -OCH3 is 1. The van der Waals surface area contributed by atoms with E-state index in [0.717, 1.165) is 62.7 Å². The molecule has 8 heteroatoms. The summed E-state index contributed by atoms with van der Waals surface area (Å²) in [7, 11) is 1.66. The summed E-state index contributed by atoms with van der Waals surface area (Å²) in [6, 6.07) is 18.1. The number of amides is 2. The number of nitrogens with zero attached hydrogens (tertiary/aromatic N) is 2. The van der Waals surface area contributed by atoms with Crippen molar-refractivity contribution in [2.75, 3.05) is 19.0 Å². The van der Waals surface area contributed by atoms with Crippen molar-refractivity contribution >= 4 is 44.4 Å². The second-order valence-electron chi connectivity index (χ2n) is 8.90. The van der Waals surface area contributed by atoms with Crippen LogP contribution in [0.3, 0.4) is 0 Å². The summed E-state index contributed by atoms with van der Waals surface area (Å²) in [6.45, 7) is 3.06. The quantitative estimate of drug-likeness (QED) is 0.212. The van der Waals surface area contributed by atoms with E-state index < -0.39 is 0 Å². The van der Waals surface area contributed by atoms with E-state index in [2.05, 4.69) is 43.9 Å². The fourth-order valence-electron chi connectivity index (χ4n) is 4.53. The maximum atomic E-state index is 12.4. The molecule has 0 aliphatic heterocycles. The summed E-state index contributed by atoms with van der Waals surface area (Å²) < 4.78 is 5.43. The summed E-state index contributed by atoms with van der Waals surface area (Å²) in [6.07, 6.45) is 5.31. The van der Waals surface area contributed by atoms with E-state index in [0.29, 0.717) is 13.1 Å². The lowest BCUT2D eigenvalue weighted by atomic mass is 10.1. The lowest BCUT2D eigenvalue weighted by Crippen LogP contribution is -2.36. The molecule has 184 valence electrons. The van der Waals surface area contributed by atoms with Crippen LogP contribution in [0.2, 0.25) is 0 Å². The van der Waals surface area contributed by atoms with Crippen molar-refractivity contribution in [1.29, 1.82) is 0 Å². The standard InChI is InChI=1S/C28H30N6O2/c1-18(33-24-16-20(36-2)15-19-8-6-12-30-26(19)24)7-5-13-31-28(35)32-17-25-27-22(11-14-29-25)21-9-3-4-10-23(21)34-27/h3-4,6,8-12,14-16,18,33-34H,5,7,13,17H2,1-2H3,(H2,31,32,35). The van der Waals surface area contributed by atoms with E-state index in [1.54, 1.807) is 19.5 Å². The predicted molar refractivity (Wildman–Crippen MR) is 144 cm³/mol. The van der Waals surface area contributed by atoms with Crippen LogP contribution >= 0.6 is 0 Å². The number of carbonyl (C=O) groups is 1. The average Bonchev–Trinajstić information content (AvgIpc) is 3.29. The number of nitrogens with one attached hydrogen (secondary N) is 4. The van der Waals surface area contributed by atoms with Crippen molar-refractivity contribution in [3.8, 4) is 5.75 Å². The van der Waals surface area contributed by atoms with Crippen molar-refractivity contribution < 1.29 is 9.53 Å². The van der Waals surface area contributed by atoms with Crippen LogP contribution in [0.15, 0.2) is 67.0 Å². The molecule has 0 fully saturated rings. The number of fused-ring (bicyclic) bond motifs is 4. The van der Waals surface area contributed by atoms with Crippen molar-refractivity contribution in [3.05, 3.63) is 72.7 Å². The minimum atomic E-state index is -0.200. The fraction of sp³-hybridized carbons (Fsp3) is 0.250. The Labute approximate surface area is 209 Å². The third-order valence-electron chi connectivity index (χ3n) is 6.34. The molecular formula is C28H30N6O2. The molecule has 5 aromatic rings. The molecule has 0 radical (unpaired) electrons. The van der Waals surface area contributed by atoms with E-state index in [4.69, 9.17) is 4.74 Å². The van der Waals surface area contributed by atoms with E-state index in [1.807, 2.05) is 48.5 Å². The van der Waals surface area contributed by atoms with Gasteiger partial charge in [-0.05, 0) is 44.0 Å². The molecule has 0 saturated carbocycles. The lowest BCUT2D eigenvalue weighted by Gasteiger charge is -2.17. The van der Waals surface area contributed by atoms with Crippen LogP contribution in [0.4, 0.5) is 10.5 Å². The van der Waals surface area contributed by atoms with Crippen molar-refractivity contribution in [1.82, 2.24) is 25.6 Å². The monoisotopic (exact) mass is 482 g/mol. The van der Waals surface area contributed by atoms with Crippen LogP contribution in [0.1, 0.15) is 25.5 Å². The number of hydrogen-bond acceptors (Lipinski definition) is 5. The topological polar surface area (TPSA) is 104 Å². The Bertz CT molecular complexity index is 1510. The van der Waals surface area contributed by atoms with E-state index in [1.165, 1.54) is 0 Å². The van der Waals surface area contributed by atoms with Gasteiger partial charge >= 0.3 is 6.03 Å². The molecule has 2 amide bonds. The molecule has 8 nitrogen and oxygen atoms in total. The summed E-state index contributed by atoms with van der Waals surface area (Å²) in [5.41, 5.74) is 4.70. The molecule has 0 saturated heterocycles. The SMILES string of the molecule is COc1cc(NC(C)CCCNC(=O)NCc2nccc3c2[nH]c2ccccc23)c2ncccc2c1. The third-order valence-corrected chi connectivity index (χ3v) is 6.34. The number of ether oxygens (including phenoxy) is 1. The smallest absolute Gasteiger partial charge is 0.315 e. The highest BCUT2D eigenvalue weighted by molar-refractivity contribution is 6.07. The second kappa shape index (κ2) is 10.5. The Morgan fingerprint density at radius 1 is 1.03 bits per heavy atom. The number of hydrogen-bond donors (Lipinski definition) is 4. The highest BCUT2D eigenvalue weighted by atomic mass is 16.5. The number of carbonyl (C=O) groups excluding carboxylic acids is 1. The van der Waals surface area contributed by atoms with E-state index in [9.17, 15) is 4.79 Å². The maximum Gasteiger partial charge on any atom is 0.315 e. The van der Waals surface area contributed by atoms with Gasteiger partial charge in [-0.15, -0.1) is 0 Å². The van der Waals surface area contributed by atoms with E-state index >= 15 is 0 Å². The summed E-state index contributed by atoms with van der Waals surface area (Å²) in [5.74, 6) is 0.793. The Morgan fingerprint density at radius 3 is 2.81 bits per heavy atom. The van der Waals surface area contributed by atoms with Gasteiger partial charge in [0.2, 0.25) is 0 Å². The van der Waals surface area contributed by atoms with Crippen LogP contribution in [-0.4, -0.2) is 40.7 Å². The number of aromatic amines is 1. The average molecular weight is 483 g/mol. The summed E-state index contributed by atoms with van der Waals surface area (Å²) in [5, 5.41) is 12.7. The zero-order valence-corrected chi connectivity index (χ0v) is 20.5. The molecule has 4 N–H and O–H groups in total. The minimum absolute atomic E-state index is 0.200. The molecule has 36 heavy (non-hydrogen) atoms. The molecule has 0 aliphatic rings. The number of para-hydroxylation sites is 1. The molecule has 0 spiro atoms. The van der Waals surface area contributed by atoms with Crippen molar-refractivity contribution in [2.45, 2.75) is 32.4 Å². The van der Waals surface area contributed by atoms with E-state index in [-0.39, 0.29) is 12.1 Å². The Morgan fingerprint density at radius 2 is 1.92 bits per heavy atom. The van der Waals surface area contributed by atoms with Crippen molar-refractivity contribution in [2.24, 2.45) is 0 Å². The van der Waals surface area contributed by atoms with Gasteiger partial charge < -0.3 is 25.7 Å². The number of pyridine rings is 2. The molecule has 3 aromatic heterocycles. The Hall–Kier alpha value is -4.33. The van der Waals surface area contributed by atoms with Gasteiger partial charge in [-0.2, -0.15) is 0 Å². The first-order valence-electron chi connectivity index (χ1n) is 12.2. The number of anilines is 1. The Balaban J connectivity index is 1.10. The van der Waals surface area contributed by atoms with Gasteiger partial charge in [0.15, 0.2) is 0 Å². The maximum absolute atomic E-state index is 12.4. The van der Waals surface area contributed by atoms with Gasteiger partial charge in [-0.1, -0.05) is 24.3 Å².